The topological polar surface area (TPSA) is 53.6 Å². The van der Waals surface area contributed by atoms with Crippen molar-refractivity contribution in [2.45, 2.75) is 13.0 Å². The first-order chi connectivity index (χ1) is 13.3. The molecule has 0 aromatic heterocycles. The molecule has 1 aliphatic heterocycles. The molecular weight excluding hydrogens is 417 g/mol. The van der Waals surface area contributed by atoms with Gasteiger partial charge >= 0.3 is 0 Å². The standard InChI is InChI=1S/C20H19Cl2N3O2S/c1-11-17(19(26)23-13-5-7-14(27-3)8-6-13)18(24-20(28)25(11)2)15-9-4-12(21)10-16(15)22/h4-10,18H,1-3H3,(H,23,26)(H,24,28). The van der Waals surface area contributed by atoms with E-state index in [2.05, 4.69) is 10.6 Å². The van der Waals surface area contributed by atoms with Crippen molar-refractivity contribution in [1.29, 1.82) is 0 Å². The zero-order chi connectivity index (χ0) is 20.4. The van der Waals surface area contributed by atoms with Crippen LogP contribution < -0.4 is 15.4 Å². The summed E-state index contributed by atoms with van der Waals surface area (Å²) in [5.74, 6) is 0.462. The fourth-order valence-electron chi connectivity index (χ4n) is 2.97. The van der Waals surface area contributed by atoms with Crippen molar-refractivity contribution < 1.29 is 9.53 Å². The van der Waals surface area contributed by atoms with E-state index in [9.17, 15) is 4.79 Å². The van der Waals surface area contributed by atoms with E-state index in [1.165, 1.54) is 0 Å². The number of methoxy groups -OCH3 is 1. The van der Waals surface area contributed by atoms with Gasteiger partial charge in [-0.1, -0.05) is 29.3 Å². The fourth-order valence-corrected chi connectivity index (χ4v) is 3.74. The van der Waals surface area contributed by atoms with Crippen molar-refractivity contribution in [3.05, 3.63) is 69.3 Å². The van der Waals surface area contributed by atoms with Crippen LogP contribution in [0.2, 0.25) is 10.0 Å². The van der Waals surface area contributed by atoms with E-state index in [1.54, 1.807) is 54.5 Å². The van der Waals surface area contributed by atoms with Crippen LogP contribution in [0.5, 0.6) is 5.75 Å². The van der Waals surface area contributed by atoms with Crippen LogP contribution in [0, 0.1) is 0 Å². The summed E-state index contributed by atoms with van der Waals surface area (Å²) in [5, 5.41) is 7.62. The first-order valence-electron chi connectivity index (χ1n) is 8.47. The molecule has 1 unspecified atom stereocenters. The molecule has 0 saturated carbocycles. The first-order valence-corrected chi connectivity index (χ1v) is 9.63. The number of carbonyl (C=O) groups excluding carboxylic acids is 1. The molecule has 2 aromatic carbocycles. The van der Waals surface area contributed by atoms with Crippen LogP contribution in [-0.4, -0.2) is 30.1 Å². The van der Waals surface area contributed by atoms with Gasteiger partial charge < -0.3 is 20.3 Å². The van der Waals surface area contributed by atoms with Gasteiger partial charge in [0.05, 0.1) is 18.7 Å². The smallest absolute Gasteiger partial charge is 0.255 e. The molecule has 0 radical (unpaired) electrons. The second-order valence-corrected chi connectivity index (χ2v) is 7.52. The zero-order valence-electron chi connectivity index (χ0n) is 15.5. The van der Waals surface area contributed by atoms with Crippen LogP contribution in [0.3, 0.4) is 0 Å². The normalized spacial score (nSPS) is 16.7. The van der Waals surface area contributed by atoms with Crippen molar-refractivity contribution in [3.8, 4) is 5.75 Å². The molecule has 0 spiro atoms. The first kappa shape index (κ1) is 20.5. The van der Waals surface area contributed by atoms with E-state index in [1.807, 2.05) is 14.0 Å². The number of halogens is 2. The molecule has 3 rings (SSSR count). The maximum absolute atomic E-state index is 13.2. The van der Waals surface area contributed by atoms with Gasteiger partial charge in [-0.25, -0.2) is 0 Å². The Bertz CT molecular complexity index is 960. The SMILES string of the molecule is COc1ccc(NC(=O)C2=C(C)N(C)C(=S)NC2c2ccc(Cl)cc2Cl)cc1. The Hall–Kier alpha value is -2.28. The number of carbonyl (C=O) groups is 1. The highest BCUT2D eigenvalue weighted by atomic mass is 35.5. The zero-order valence-corrected chi connectivity index (χ0v) is 17.9. The number of hydrogen-bond acceptors (Lipinski definition) is 3. The van der Waals surface area contributed by atoms with Crippen molar-refractivity contribution in [1.82, 2.24) is 10.2 Å². The maximum Gasteiger partial charge on any atom is 0.255 e. The minimum Gasteiger partial charge on any atom is -0.497 e. The summed E-state index contributed by atoms with van der Waals surface area (Å²) < 4.78 is 5.15. The lowest BCUT2D eigenvalue weighted by Crippen LogP contribution is -2.46. The number of amides is 1. The second kappa shape index (κ2) is 8.39. The fraction of sp³-hybridized carbons (Fsp3) is 0.200. The highest BCUT2D eigenvalue weighted by Crippen LogP contribution is 2.35. The summed E-state index contributed by atoms with van der Waals surface area (Å²) in [4.78, 5) is 14.9. The third kappa shape index (κ3) is 4.09. The van der Waals surface area contributed by atoms with Gasteiger partial charge in [0.2, 0.25) is 0 Å². The number of benzene rings is 2. The summed E-state index contributed by atoms with van der Waals surface area (Å²) in [5.41, 5.74) is 2.64. The molecular formula is C20H19Cl2N3O2S. The average Bonchev–Trinajstić information content (AvgIpc) is 2.66. The Labute approximate surface area is 179 Å². The monoisotopic (exact) mass is 435 g/mol. The lowest BCUT2D eigenvalue weighted by molar-refractivity contribution is -0.113. The number of anilines is 1. The Kier molecular flexibility index (Phi) is 6.13. The van der Waals surface area contributed by atoms with Gasteiger partial charge in [-0.05, 0) is 61.1 Å². The number of nitrogens with zero attached hydrogens (tertiary/aromatic N) is 1. The number of thiocarbonyl (C=S) groups is 1. The predicted octanol–water partition coefficient (Wildman–Crippen LogP) is 4.78. The van der Waals surface area contributed by atoms with Gasteiger partial charge in [0.15, 0.2) is 5.11 Å². The van der Waals surface area contributed by atoms with E-state index >= 15 is 0 Å². The van der Waals surface area contributed by atoms with Gasteiger partial charge in [-0.2, -0.15) is 0 Å². The predicted molar refractivity (Wildman–Crippen MR) is 117 cm³/mol. The van der Waals surface area contributed by atoms with Crippen LogP contribution in [0.1, 0.15) is 18.5 Å². The molecule has 28 heavy (non-hydrogen) atoms. The van der Waals surface area contributed by atoms with Gasteiger partial charge in [0, 0.05) is 28.5 Å². The number of allylic oxidation sites excluding steroid dienone is 1. The van der Waals surface area contributed by atoms with Crippen LogP contribution in [-0.2, 0) is 4.79 Å². The summed E-state index contributed by atoms with van der Waals surface area (Å²) in [6.45, 7) is 1.85. The van der Waals surface area contributed by atoms with E-state index in [0.717, 1.165) is 11.3 Å². The lowest BCUT2D eigenvalue weighted by atomic mass is 9.94. The number of ether oxygens (including phenoxy) is 1. The Morgan fingerprint density at radius 1 is 1.21 bits per heavy atom. The van der Waals surface area contributed by atoms with E-state index in [0.29, 0.717) is 32.2 Å². The Morgan fingerprint density at radius 3 is 2.50 bits per heavy atom. The molecule has 1 aliphatic rings. The molecule has 1 atom stereocenters. The van der Waals surface area contributed by atoms with Crippen LogP contribution in [0.4, 0.5) is 5.69 Å². The summed E-state index contributed by atoms with van der Waals surface area (Å²) in [6, 6.07) is 11.8. The number of rotatable bonds is 4. The Balaban J connectivity index is 1.99. The Morgan fingerprint density at radius 2 is 1.89 bits per heavy atom. The van der Waals surface area contributed by atoms with Crippen molar-refractivity contribution >= 4 is 52.1 Å². The molecule has 1 amide bonds. The van der Waals surface area contributed by atoms with Crippen LogP contribution in [0.15, 0.2) is 53.7 Å². The van der Waals surface area contributed by atoms with Gasteiger partial charge in [0.1, 0.15) is 5.75 Å². The van der Waals surface area contributed by atoms with Crippen LogP contribution >= 0.6 is 35.4 Å². The summed E-state index contributed by atoms with van der Waals surface area (Å²) in [7, 11) is 3.40. The van der Waals surface area contributed by atoms with E-state index in [4.69, 9.17) is 40.2 Å². The van der Waals surface area contributed by atoms with Crippen molar-refractivity contribution in [2.75, 3.05) is 19.5 Å². The quantitative estimate of drug-likeness (QED) is 0.676. The van der Waals surface area contributed by atoms with Crippen molar-refractivity contribution in [3.63, 3.8) is 0 Å². The van der Waals surface area contributed by atoms with Crippen molar-refractivity contribution in [2.24, 2.45) is 0 Å². The minimum absolute atomic E-state index is 0.250. The number of nitrogens with one attached hydrogen (secondary N) is 2. The van der Waals surface area contributed by atoms with Crippen LogP contribution in [0.25, 0.3) is 0 Å². The molecule has 0 aliphatic carbocycles. The molecule has 0 bridgehead atoms. The highest BCUT2D eigenvalue weighted by molar-refractivity contribution is 7.80. The second-order valence-electron chi connectivity index (χ2n) is 6.29. The van der Waals surface area contributed by atoms with Gasteiger partial charge in [-0.3, -0.25) is 4.79 Å². The van der Waals surface area contributed by atoms with E-state index < -0.39 is 6.04 Å². The molecule has 2 aromatic rings. The molecule has 1 heterocycles. The highest BCUT2D eigenvalue weighted by Gasteiger charge is 2.33. The van der Waals surface area contributed by atoms with Gasteiger partial charge in [-0.15, -0.1) is 0 Å². The molecule has 0 fully saturated rings. The van der Waals surface area contributed by atoms with Gasteiger partial charge in [0.25, 0.3) is 5.91 Å². The molecule has 146 valence electrons. The number of hydrogen-bond donors (Lipinski definition) is 2. The summed E-state index contributed by atoms with van der Waals surface area (Å²) in [6.07, 6.45) is 0. The molecule has 5 nitrogen and oxygen atoms in total. The maximum atomic E-state index is 13.2. The summed E-state index contributed by atoms with van der Waals surface area (Å²) >= 11 is 17.9. The minimum atomic E-state index is -0.494. The molecule has 8 heteroatoms. The largest absolute Gasteiger partial charge is 0.497 e. The van der Waals surface area contributed by atoms with E-state index in [-0.39, 0.29) is 5.91 Å². The third-order valence-corrected chi connectivity index (χ3v) is 5.57. The molecule has 0 saturated heterocycles. The molecule has 2 N–H and O–H groups in total. The lowest BCUT2D eigenvalue weighted by Gasteiger charge is -2.36. The third-order valence-electron chi connectivity index (χ3n) is 4.62. The average molecular weight is 436 g/mol.